The lowest BCUT2D eigenvalue weighted by atomic mass is 9.96. The van der Waals surface area contributed by atoms with Crippen molar-refractivity contribution in [2.45, 2.75) is 33.2 Å². The zero-order chi connectivity index (χ0) is 12.0. The van der Waals surface area contributed by atoms with Crippen LogP contribution < -0.4 is 11.1 Å². The number of benzene rings is 1. The summed E-state index contributed by atoms with van der Waals surface area (Å²) in [6.45, 7) is 8.23. The molecule has 0 aliphatic carbocycles. The van der Waals surface area contributed by atoms with Crippen LogP contribution in [0.1, 0.15) is 25.0 Å². The van der Waals surface area contributed by atoms with Gasteiger partial charge in [0.15, 0.2) is 0 Å². The van der Waals surface area contributed by atoms with E-state index in [2.05, 4.69) is 50.4 Å². The van der Waals surface area contributed by atoms with Crippen molar-refractivity contribution >= 4 is 0 Å². The summed E-state index contributed by atoms with van der Waals surface area (Å²) in [5.41, 5.74) is 8.24. The fourth-order valence-corrected chi connectivity index (χ4v) is 1.79. The molecule has 0 bridgehead atoms. The number of hydrogen-bond acceptors (Lipinski definition) is 2. The van der Waals surface area contributed by atoms with Crippen LogP contribution in [0.3, 0.4) is 0 Å². The first-order valence-corrected chi connectivity index (χ1v) is 6.12. The largest absolute Gasteiger partial charge is 0.329 e. The van der Waals surface area contributed by atoms with Crippen LogP contribution in [-0.2, 0) is 6.42 Å². The van der Waals surface area contributed by atoms with Crippen LogP contribution in [0.4, 0.5) is 0 Å². The molecule has 1 rings (SSSR count). The van der Waals surface area contributed by atoms with E-state index in [1.54, 1.807) is 0 Å². The summed E-state index contributed by atoms with van der Waals surface area (Å²) in [6, 6.07) is 9.31. The standard InChI is InChI=1S/C14H24N2/c1-11(2)14(16-9-8-15)10-13-6-4-12(3)5-7-13/h4-7,11,14,16H,8-10,15H2,1-3H3. The molecule has 0 saturated heterocycles. The second kappa shape index (κ2) is 6.66. The van der Waals surface area contributed by atoms with Crippen molar-refractivity contribution in [2.24, 2.45) is 11.7 Å². The normalized spacial score (nSPS) is 13.1. The molecule has 90 valence electrons. The molecule has 0 aliphatic heterocycles. The fourth-order valence-electron chi connectivity index (χ4n) is 1.79. The van der Waals surface area contributed by atoms with Gasteiger partial charge in [0, 0.05) is 19.1 Å². The van der Waals surface area contributed by atoms with Gasteiger partial charge >= 0.3 is 0 Å². The average molecular weight is 220 g/mol. The third-order valence-corrected chi connectivity index (χ3v) is 2.93. The third kappa shape index (κ3) is 4.33. The molecule has 2 heteroatoms. The van der Waals surface area contributed by atoms with E-state index in [1.165, 1.54) is 11.1 Å². The van der Waals surface area contributed by atoms with Crippen molar-refractivity contribution in [1.29, 1.82) is 0 Å². The van der Waals surface area contributed by atoms with Gasteiger partial charge in [0.25, 0.3) is 0 Å². The quantitative estimate of drug-likeness (QED) is 0.770. The number of rotatable bonds is 6. The number of aryl methyl sites for hydroxylation is 1. The molecule has 1 unspecified atom stereocenters. The van der Waals surface area contributed by atoms with E-state index in [-0.39, 0.29) is 0 Å². The Hall–Kier alpha value is -0.860. The zero-order valence-electron chi connectivity index (χ0n) is 10.7. The molecule has 0 aromatic heterocycles. The highest BCUT2D eigenvalue weighted by atomic mass is 14.9. The van der Waals surface area contributed by atoms with E-state index >= 15 is 0 Å². The Labute approximate surface area is 99.2 Å². The van der Waals surface area contributed by atoms with Crippen molar-refractivity contribution in [3.63, 3.8) is 0 Å². The number of hydrogen-bond donors (Lipinski definition) is 2. The first kappa shape index (κ1) is 13.2. The molecule has 1 atom stereocenters. The zero-order valence-corrected chi connectivity index (χ0v) is 10.7. The van der Waals surface area contributed by atoms with Gasteiger partial charge in [-0.1, -0.05) is 43.7 Å². The highest BCUT2D eigenvalue weighted by molar-refractivity contribution is 5.22. The molecule has 1 aromatic rings. The second-order valence-corrected chi connectivity index (χ2v) is 4.78. The van der Waals surface area contributed by atoms with Gasteiger partial charge in [-0.2, -0.15) is 0 Å². The van der Waals surface area contributed by atoms with Crippen LogP contribution in [0.2, 0.25) is 0 Å². The van der Waals surface area contributed by atoms with E-state index in [1.807, 2.05) is 0 Å². The summed E-state index contributed by atoms with van der Waals surface area (Å²) in [4.78, 5) is 0. The van der Waals surface area contributed by atoms with E-state index in [0.29, 0.717) is 18.5 Å². The predicted octanol–water partition coefficient (Wildman–Crippen LogP) is 2.11. The lowest BCUT2D eigenvalue weighted by Crippen LogP contribution is -2.38. The minimum absolute atomic E-state index is 0.520. The maximum Gasteiger partial charge on any atom is 0.0131 e. The number of nitrogens with one attached hydrogen (secondary N) is 1. The van der Waals surface area contributed by atoms with Crippen LogP contribution >= 0.6 is 0 Å². The summed E-state index contributed by atoms with van der Waals surface area (Å²) in [7, 11) is 0. The molecule has 0 heterocycles. The molecule has 0 fully saturated rings. The van der Waals surface area contributed by atoms with Crippen LogP contribution in [0.5, 0.6) is 0 Å². The van der Waals surface area contributed by atoms with E-state index in [9.17, 15) is 0 Å². The molecule has 0 radical (unpaired) electrons. The monoisotopic (exact) mass is 220 g/mol. The third-order valence-electron chi connectivity index (χ3n) is 2.93. The molecule has 0 amide bonds. The molecular formula is C14H24N2. The summed E-state index contributed by atoms with van der Waals surface area (Å²) in [5, 5.41) is 3.51. The Kier molecular flexibility index (Phi) is 5.50. The van der Waals surface area contributed by atoms with Crippen LogP contribution in [-0.4, -0.2) is 19.1 Å². The molecule has 3 N–H and O–H groups in total. The maximum absolute atomic E-state index is 5.53. The smallest absolute Gasteiger partial charge is 0.0131 e. The van der Waals surface area contributed by atoms with Crippen molar-refractivity contribution in [3.8, 4) is 0 Å². The molecule has 0 saturated carbocycles. The minimum Gasteiger partial charge on any atom is -0.329 e. The van der Waals surface area contributed by atoms with Gasteiger partial charge in [-0.3, -0.25) is 0 Å². The molecule has 16 heavy (non-hydrogen) atoms. The van der Waals surface area contributed by atoms with Gasteiger partial charge < -0.3 is 11.1 Å². The highest BCUT2D eigenvalue weighted by Crippen LogP contribution is 2.11. The van der Waals surface area contributed by atoms with Gasteiger partial charge in [0.2, 0.25) is 0 Å². The Balaban J connectivity index is 2.57. The molecule has 0 spiro atoms. The second-order valence-electron chi connectivity index (χ2n) is 4.78. The summed E-state index contributed by atoms with van der Waals surface area (Å²) in [5.74, 6) is 0.632. The first-order valence-electron chi connectivity index (χ1n) is 6.12. The lowest BCUT2D eigenvalue weighted by molar-refractivity contribution is 0.401. The maximum atomic E-state index is 5.53. The molecular weight excluding hydrogens is 196 g/mol. The Bertz CT molecular complexity index is 290. The van der Waals surface area contributed by atoms with E-state index in [0.717, 1.165) is 13.0 Å². The predicted molar refractivity (Wildman–Crippen MR) is 70.6 cm³/mol. The number of nitrogens with two attached hydrogens (primary N) is 1. The van der Waals surface area contributed by atoms with Crippen LogP contribution in [0.25, 0.3) is 0 Å². The summed E-state index contributed by atoms with van der Waals surface area (Å²) < 4.78 is 0. The van der Waals surface area contributed by atoms with E-state index < -0.39 is 0 Å². The van der Waals surface area contributed by atoms with Gasteiger partial charge in [-0.15, -0.1) is 0 Å². The Morgan fingerprint density at radius 1 is 1.19 bits per heavy atom. The van der Waals surface area contributed by atoms with Crippen molar-refractivity contribution in [1.82, 2.24) is 5.32 Å². The van der Waals surface area contributed by atoms with Crippen molar-refractivity contribution in [2.75, 3.05) is 13.1 Å². The van der Waals surface area contributed by atoms with E-state index in [4.69, 9.17) is 5.73 Å². The van der Waals surface area contributed by atoms with Gasteiger partial charge in [0.1, 0.15) is 0 Å². The van der Waals surface area contributed by atoms with Crippen LogP contribution in [0, 0.1) is 12.8 Å². The SMILES string of the molecule is Cc1ccc(CC(NCCN)C(C)C)cc1. The van der Waals surface area contributed by atoms with Crippen LogP contribution in [0.15, 0.2) is 24.3 Å². The minimum atomic E-state index is 0.520. The highest BCUT2D eigenvalue weighted by Gasteiger charge is 2.12. The van der Waals surface area contributed by atoms with Gasteiger partial charge in [-0.05, 0) is 24.8 Å². The average Bonchev–Trinajstić information content (AvgIpc) is 2.26. The van der Waals surface area contributed by atoms with Crippen molar-refractivity contribution < 1.29 is 0 Å². The Morgan fingerprint density at radius 2 is 1.81 bits per heavy atom. The molecule has 1 aromatic carbocycles. The van der Waals surface area contributed by atoms with Gasteiger partial charge in [-0.25, -0.2) is 0 Å². The topological polar surface area (TPSA) is 38.0 Å². The molecule has 0 aliphatic rings. The summed E-state index contributed by atoms with van der Waals surface area (Å²) >= 11 is 0. The lowest BCUT2D eigenvalue weighted by Gasteiger charge is -2.22. The molecule has 2 nitrogen and oxygen atoms in total. The van der Waals surface area contributed by atoms with Gasteiger partial charge in [0.05, 0.1) is 0 Å². The first-order chi connectivity index (χ1) is 7.63. The summed E-state index contributed by atoms with van der Waals surface area (Å²) in [6.07, 6.45) is 1.08. The van der Waals surface area contributed by atoms with Crippen molar-refractivity contribution in [3.05, 3.63) is 35.4 Å². The Morgan fingerprint density at radius 3 is 2.31 bits per heavy atom. The fraction of sp³-hybridized carbons (Fsp3) is 0.571.